The number of aromatic nitrogens is 2. The Labute approximate surface area is 129 Å². The molecule has 1 aromatic heterocycles. The molecule has 3 rings (SSSR count). The SMILES string of the molecule is OCc1ccccc1-c1cncc(NCc2ccccc2)n1. The molecule has 0 unspecified atom stereocenters. The van der Waals surface area contributed by atoms with Crippen molar-refractivity contribution < 1.29 is 5.11 Å². The second-order valence-corrected chi connectivity index (χ2v) is 4.94. The molecule has 0 amide bonds. The van der Waals surface area contributed by atoms with Crippen LogP contribution in [0.1, 0.15) is 11.1 Å². The summed E-state index contributed by atoms with van der Waals surface area (Å²) in [6.45, 7) is 0.681. The zero-order valence-corrected chi connectivity index (χ0v) is 12.1. The summed E-state index contributed by atoms with van der Waals surface area (Å²) < 4.78 is 0. The first-order chi connectivity index (χ1) is 10.9. The molecule has 22 heavy (non-hydrogen) atoms. The average molecular weight is 291 g/mol. The predicted octanol–water partition coefficient (Wildman–Crippen LogP) is 3.25. The van der Waals surface area contributed by atoms with Gasteiger partial charge in [0.15, 0.2) is 0 Å². The molecule has 1 heterocycles. The van der Waals surface area contributed by atoms with Gasteiger partial charge in [-0.1, -0.05) is 54.6 Å². The second-order valence-electron chi connectivity index (χ2n) is 4.94. The maximum Gasteiger partial charge on any atom is 0.145 e. The van der Waals surface area contributed by atoms with E-state index in [-0.39, 0.29) is 6.61 Å². The summed E-state index contributed by atoms with van der Waals surface area (Å²) in [5, 5.41) is 12.7. The van der Waals surface area contributed by atoms with E-state index in [4.69, 9.17) is 0 Å². The van der Waals surface area contributed by atoms with E-state index in [0.29, 0.717) is 12.4 Å². The quantitative estimate of drug-likeness (QED) is 0.757. The number of nitrogens with zero attached hydrogens (tertiary/aromatic N) is 2. The molecule has 0 aliphatic heterocycles. The minimum absolute atomic E-state index is 0.0144. The Hall–Kier alpha value is -2.72. The molecule has 2 aromatic carbocycles. The highest BCUT2D eigenvalue weighted by atomic mass is 16.3. The smallest absolute Gasteiger partial charge is 0.145 e. The van der Waals surface area contributed by atoms with Gasteiger partial charge in [0.1, 0.15) is 5.82 Å². The van der Waals surface area contributed by atoms with Gasteiger partial charge in [-0.15, -0.1) is 0 Å². The molecular weight excluding hydrogens is 274 g/mol. The summed E-state index contributed by atoms with van der Waals surface area (Å²) >= 11 is 0. The summed E-state index contributed by atoms with van der Waals surface area (Å²) in [5.41, 5.74) is 3.69. The van der Waals surface area contributed by atoms with Gasteiger partial charge in [-0.25, -0.2) is 4.98 Å². The van der Waals surface area contributed by atoms with Gasteiger partial charge < -0.3 is 10.4 Å². The zero-order valence-electron chi connectivity index (χ0n) is 12.1. The molecule has 4 nitrogen and oxygen atoms in total. The number of nitrogens with one attached hydrogen (secondary N) is 1. The van der Waals surface area contributed by atoms with Crippen LogP contribution in [-0.2, 0) is 13.2 Å². The Morgan fingerprint density at radius 1 is 0.909 bits per heavy atom. The predicted molar refractivity (Wildman–Crippen MR) is 87.2 cm³/mol. The molecule has 4 heteroatoms. The molecule has 0 saturated carbocycles. The Morgan fingerprint density at radius 2 is 1.68 bits per heavy atom. The van der Waals surface area contributed by atoms with Crippen molar-refractivity contribution in [2.24, 2.45) is 0 Å². The fourth-order valence-electron chi connectivity index (χ4n) is 2.28. The van der Waals surface area contributed by atoms with Gasteiger partial charge in [0, 0.05) is 12.1 Å². The normalized spacial score (nSPS) is 10.4. The van der Waals surface area contributed by atoms with Gasteiger partial charge in [-0.05, 0) is 11.1 Å². The van der Waals surface area contributed by atoms with E-state index in [1.807, 2.05) is 42.5 Å². The number of aliphatic hydroxyl groups is 1. The third-order valence-electron chi connectivity index (χ3n) is 3.41. The lowest BCUT2D eigenvalue weighted by molar-refractivity contribution is 0.282. The van der Waals surface area contributed by atoms with E-state index in [0.717, 1.165) is 16.8 Å². The lowest BCUT2D eigenvalue weighted by Crippen LogP contribution is -2.03. The lowest BCUT2D eigenvalue weighted by atomic mass is 10.1. The van der Waals surface area contributed by atoms with Crippen LogP contribution in [0.5, 0.6) is 0 Å². The minimum atomic E-state index is -0.0144. The summed E-state index contributed by atoms with van der Waals surface area (Å²) in [6.07, 6.45) is 3.41. The van der Waals surface area contributed by atoms with Crippen LogP contribution in [-0.4, -0.2) is 15.1 Å². The number of benzene rings is 2. The summed E-state index contributed by atoms with van der Waals surface area (Å²) in [6, 6.07) is 17.8. The monoisotopic (exact) mass is 291 g/mol. The van der Waals surface area contributed by atoms with Crippen molar-refractivity contribution in [3.63, 3.8) is 0 Å². The maximum atomic E-state index is 9.44. The molecule has 0 radical (unpaired) electrons. The molecule has 0 aliphatic carbocycles. The lowest BCUT2D eigenvalue weighted by Gasteiger charge is -2.09. The van der Waals surface area contributed by atoms with E-state index in [1.165, 1.54) is 5.56 Å². The highest BCUT2D eigenvalue weighted by Crippen LogP contribution is 2.22. The van der Waals surface area contributed by atoms with Gasteiger partial charge in [-0.2, -0.15) is 0 Å². The van der Waals surface area contributed by atoms with Crippen LogP contribution in [0.25, 0.3) is 11.3 Å². The van der Waals surface area contributed by atoms with Crippen LogP contribution in [0.15, 0.2) is 67.0 Å². The molecule has 0 saturated heterocycles. The number of rotatable bonds is 5. The fourth-order valence-corrected chi connectivity index (χ4v) is 2.28. The van der Waals surface area contributed by atoms with E-state index >= 15 is 0 Å². The van der Waals surface area contributed by atoms with Gasteiger partial charge in [0.2, 0.25) is 0 Å². The van der Waals surface area contributed by atoms with E-state index in [1.54, 1.807) is 12.4 Å². The molecule has 2 N–H and O–H groups in total. The number of hydrogen-bond acceptors (Lipinski definition) is 4. The third-order valence-corrected chi connectivity index (χ3v) is 3.41. The first kappa shape index (κ1) is 14.2. The molecule has 0 atom stereocenters. The van der Waals surface area contributed by atoms with Crippen molar-refractivity contribution in [3.05, 3.63) is 78.1 Å². The van der Waals surface area contributed by atoms with E-state index < -0.39 is 0 Å². The topological polar surface area (TPSA) is 58.0 Å². The first-order valence-electron chi connectivity index (χ1n) is 7.16. The van der Waals surface area contributed by atoms with Crippen LogP contribution in [0.2, 0.25) is 0 Å². The van der Waals surface area contributed by atoms with E-state index in [9.17, 15) is 5.11 Å². The van der Waals surface area contributed by atoms with Crippen molar-refractivity contribution in [1.29, 1.82) is 0 Å². The summed E-state index contributed by atoms with van der Waals surface area (Å²) in [4.78, 5) is 8.82. The largest absolute Gasteiger partial charge is 0.392 e. The molecule has 0 spiro atoms. The van der Waals surface area contributed by atoms with Crippen LogP contribution < -0.4 is 5.32 Å². The van der Waals surface area contributed by atoms with Crippen molar-refractivity contribution in [3.8, 4) is 11.3 Å². The second kappa shape index (κ2) is 6.83. The van der Waals surface area contributed by atoms with Gasteiger partial charge in [0.05, 0.1) is 24.7 Å². The zero-order chi connectivity index (χ0) is 15.2. The van der Waals surface area contributed by atoms with Crippen LogP contribution in [0, 0.1) is 0 Å². The summed E-state index contributed by atoms with van der Waals surface area (Å²) in [5.74, 6) is 0.717. The van der Waals surface area contributed by atoms with Gasteiger partial charge >= 0.3 is 0 Å². The molecule has 0 aliphatic rings. The Kier molecular flexibility index (Phi) is 4.41. The standard InChI is InChI=1S/C18H17N3O/c22-13-15-8-4-5-9-16(15)17-11-19-12-18(21-17)20-10-14-6-2-1-3-7-14/h1-9,11-12,22H,10,13H2,(H,20,21). The summed E-state index contributed by atoms with van der Waals surface area (Å²) in [7, 11) is 0. The Morgan fingerprint density at radius 3 is 2.50 bits per heavy atom. The van der Waals surface area contributed by atoms with Crippen LogP contribution in [0.4, 0.5) is 5.82 Å². The van der Waals surface area contributed by atoms with Crippen molar-refractivity contribution in [1.82, 2.24) is 9.97 Å². The average Bonchev–Trinajstić information content (AvgIpc) is 2.61. The van der Waals surface area contributed by atoms with Gasteiger partial charge in [0.25, 0.3) is 0 Å². The molecule has 0 fully saturated rings. The van der Waals surface area contributed by atoms with E-state index in [2.05, 4.69) is 27.4 Å². The third kappa shape index (κ3) is 3.30. The van der Waals surface area contributed by atoms with Crippen LogP contribution in [0.3, 0.4) is 0 Å². The first-order valence-corrected chi connectivity index (χ1v) is 7.16. The molecule has 3 aromatic rings. The number of anilines is 1. The fraction of sp³-hybridized carbons (Fsp3) is 0.111. The highest BCUT2D eigenvalue weighted by Gasteiger charge is 2.06. The molecular formula is C18H17N3O. The maximum absolute atomic E-state index is 9.44. The van der Waals surface area contributed by atoms with Crippen molar-refractivity contribution >= 4 is 5.82 Å². The van der Waals surface area contributed by atoms with Crippen molar-refractivity contribution in [2.45, 2.75) is 13.2 Å². The molecule has 110 valence electrons. The van der Waals surface area contributed by atoms with Gasteiger partial charge in [-0.3, -0.25) is 4.98 Å². The number of aliphatic hydroxyl groups excluding tert-OH is 1. The Bertz CT molecular complexity index is 744. The highest BCUT2D eigenvalue weighted by molar-refractivity contribution is 5.64. The van der Waals surface area contributed by atoms with Crippen molar-refractivity contribution in [2.75, 3.05) is 5.32 Å². The van der Waals surface area contributed by atoms with Crippen LogP contribution >= 0.6 is 0 Å². The minimum Gasteiger partial charge on any atom is -0.392 e. The Balaban J connectivity index is 1.81. The molecule has 0 bridgehead atoms. The number of hydrogen-bond donors (Lipinski definition) is 2.